The highest BCUT2D eigenvalue weighted by Gasteiger charge is 2.45. The average Bonchev–Trinajstić information content (AvgIpc) is 1.63. The van der Waals surface area contributed by atoms with Gasteiger partial charge in [0.15, 0.2) is 11.5 Å². The number of piperazine rings is 1. The summed E-state index contributed by atoms with van der Waals surface area (Å²) in [6.07, 6.45) is 3.66. The molecule has 0 aliphatic carbocycles. The van der Waals surface area contributed by atoms with E-state index >= 15 is 4.39 Å². The van der Waals surface area contributed by atoms with Crippen molar-refractivity contribution in [3.05, 3.63) is 164 Å². The van der Waals surface area contributed by atoms with Gasteiger partial charge in [-0.1, -0.05) is 47.1 Å². The number of H-pyrrole nitrogens is 1. The standard InChI is InChI=1S/C66H66ClF2N15O13/c1-94-54-33-50-45(60(73-37-72-50)74-39-14-16-48(69)46(67)31-39)32-55(54)97-26-6-11-56(85)75-52(36-96-35-40-34-83(80-77-40)25-28-95-27-20-70-49-10-4-9-43-59(49)66(93)84(65(43)92)53-17-18-57(86)76-63(53)90)62(89)71-19-5-12-58(87)81-21-23-82(24-22-81)64(91)44-29-38(13-15-47(44)68)30-51-41-7-2-3-8-42(41)61(88)79-78-51/h2-4,7-10,13-16,29,31-34,37,52-53,70H,5-6,11-12,17-28,30,35-36H2,1H3,(H,71,89)(H,75,85)(H,79,88)(H,72,73,74)(H,76,86,90). The van der Waals surface area contributed by atoms with E-state index < -0.39 is 65.1 Å². The van der Waals surface area contributed by atoms with Gasteiger partial charge >= 0.3 is 0 Å². The van der Waals surface area contributed by atoms with Crippen LogP contribution < -0.4 is 41.6 Å². The third-order valence-electron chi connectivity index (χ3n) is 16.4. The predicted molar refractivity (Wildman–Crippen MR) is 346 cm³/mol. The van der Waals surface area contributed by atoms with Gasteiger partial charge in [-0.15, -0.1) is 5.10 Å². The maximum atomic E-state index is 15.2. The number of halogens is 3. The van der Waals surface area contributed by atoms with Gasteiger partial charge in [0, 0.05) is 93.2 Å². The fourth-order valence-electron chi connectivity index (χ4n) is 11.4. The molecule has 2 atom stereocenters. The second kappa shape index (κ2) is 31.1. The molecule has 8 amide bonds. The quantitative estimate of drug-likeness (QED) is 0.0265. The van der Waals surface area contributed by atoms with Gasteiger partial charge in [0.1, 0.15) is 41.6 Å². The number of hydrogen-bond acceptors (Lipinski definition) is 20. The summed E-state index contributed by atoms with van der Waals surface area (Å²) < 4.78 is 54.1. The lowest BCUT2D eigenvalue weighted by atomic mass is 10.0. The van der Waals surface area contributed by atoms with Crippen LogP contribution in [0.2, 0.25) is 5.02 Å². The molecular formula is C66H66ClF2N15O13. The van der Waals surface area contributed by atoms with Crippen molar-refractivity contribution >= 4 is 97.7 Å². The zero-order valence-corrected chi connectivity index (χ0v) is 53.1. The molecule has 11 rings (SSSR count). The third-order valence-corrected chi connectivity index (χ3v) is 16.7. The Balaban J connectivity index is 0.650. The van der Waals surface area contributed by atoms with Crippen molar-refractivity contribution < 1.29 is 66.1 Å². The molecular weight excluding hydrogens is 1280 g/mol. The van der Waals surface area contributed by atoms with Crippen LogP contribution in [0.15, 0.2) is 108 Å². The minimum Gasteiger partial charge on any atom is -0.493 e. The molecule has 0 saturated carbocycles. The van der Waals surface area contributed by atoms with E-state index in [9.17, 15) is 47.5 Å². The van der Waals surface area contributed by atoms with Crippen molar-refractivity contribution in [1.82, 2.24) is 65.8 Å². The highest BCUT2D eigenvalue weighted by Crippen LogP contribution is 2.36. The SMILES string of the molecule is COc1cc2ncnc(Nc3ccc(F)c(Cl)c3)c2cc1OCCCC(=O)NC(COCc1cn(CCOCCNc2cccc3c2C(=O)N(C2CCC(=O)NC2=O)C3=O)nn1)C(=O)NCCCC(=O)N1CCN(C(=O)c2cc(Cc3n[nH]c(=O)c4ccccc34)ccc2F)CC1. The summed E-state index contributed by atoms with van der Waals surface area (Å²) in [5, 5.41) is 30.6. The number of imide groups is 2. The zero-order valence-electron chi connectivity index (χ0n) is 52.4. The lowest BCUT2D eigenvalue weighted by molar-refractivity contribution is -0.136. The fraction of sp³-hybridized carbons (Fsp3) is 0.333. The first-order chi connectivity index (χ1) is 47.0. The molecule has 0 radical (unpaired) electrons. The Kier molecular flexibility index (Phi) is 21.7. The number of aromatic amines is 1. The van der Waals surface area contributed by atoms with Gasteiger partial charge in [0.2, 0.25) is 29.5 Å². The molecule has 97 heavy (non-hydrogen) atoms. The van der Waals surface area contributed by atoms with Crippen molar-refractivity contribution in [3.8, 4) is 11.5 Å². The number of carbonyl (C=O) groups is 8. The molecule has 2 fully saturated rings. The maximum absolute atomic E-state index is 15.2. The number of benzene rings is 5. The van der Waals surface area contributed by atoms with Crippen molar-refractivity contribution in [2.45, 2.75) is 70.2 Å². The lowest BCUT2D eigenvalue weighted by Gasteiger charge is -2.35. The molecule has 2 saturated heterocycles. The Hall–Kier alpha value is -10.9. The van der Waals surface area contributed by atoms with Gasteiger partial charge in [-0.2, -0.15) is 5.10 Å². The Morgan fingerprint density at radius 2 is 1.60 bits per heavy atom. The molecule has 504 valence electrons. The van der Waals surface area contributed by atoms with Crippen LogP contribution >= 0.6 is 11.6 Å². The molecule has 5 aromatic carbocycles. The second-order valence-electron chi connectivity index (χ2n) is 22.9. The number of amides is 8. The monoisotopic (exact) mass is 1350 g/mol. The number of nitrogens with one attached hydrogen (secondary N) is 6. The summed E-state index contributed by atoms with van der Waals surface area (Å²) in [6.45, 7) is 1.37. The Morgan fingerprint density at radius 3 is 2.40 bits per heavy atom. The fourth-order valence-corrected chi connectivity index (χ4v) is 11.6. The predicted octanol–water partition coefficient (Wildman–Crippen LogP) is 5.00. The van der Waals surface area contributed by atoms with Crippen LogP contribution in [-0.4, -0.2) is 182 Å². The van der Waals surface area contributed by atoms with Crippen LogP contribution in [0, 0.1) is 11.6 Å². The Morgan fingerprint density at radius 1 is 0.794 bits per heavy atom. The molecule has 28 nitrogen and oxygen atoms in total. The van der Waals surface area contributed by atoms with Crippen molar-refractivity contribution in [2.24, 2.45) is 0 Å². The minimum atomic E-state index is -1.19. The number of rotatable bonds is 29. The summed E-state index contributed by atoms with van der Waals surface area (Å²) in [4.78, 5) is 131. The van der Waals surface area contributed by atoms with Gasteiger partial charge in [0.25, 0.3) is 23.3 Å². The normalized spacial score (nSPS) is 14.9. The summed E-state index contributed by atoms with van der Waals surface area (Å²) >= 11 is 6.02. The number of nitrogens with zero attached hydrogens (tertiary/aromatic N) is 9. The van der Waals surface area contributed by atoms with Gasteiger partial charge in [-0.3, -0.25) is 53.4 Å². The number of aromatic nitrogens is 7. The van der Waals surface area contributed by atoms with Gasteiger partial charge in [0.05, 0.1) is 91.2 Å². The first-order valence-corrected chi connectivity index (χ1v) is 31.6. The molecule has 31 heteroatoms. The van der Waals surface area contributed by atoms with E-state index in [2.05, 4.69) is 57.1 Å². The molecule has 0 bridgehead atoms. The molecule has 6 heterocycles. The number of anilines is 3. The minimum absolute atomic E-state index is 0.00220. The summed E-state index contributed by atoms with van der Waals surface area (Å²) in [7, 11) is 1.47. The smallest absolute Gasteiger partial charge is 0.272 e. The van der Waals surface area contributed by atoms with E-state index in [1.165, 1.54) is 59.4 Å². The molecule has 6 N–H and O–H groups in total. The van der Waals surface area contributed by atoms with Crippen LogP contribution in [0.4, 0.5) is 26.0 Å². The highest BCUT2D eigenvalue weighted by atomic mass is 35.5. The summed E-state index contributed by atoms with van der Waals surface area (Å²) in [5.74, 6) is -4.45. The van der Waals surface area contributed by atoms with Crippen LogP contribution in [0.5, 0.6) is 11.5 Å². The maximum Gasteiger partial charge on any atom is 0.272 e. The average molecular weight is 1350 g/mol. The highest BCUT2D eigenvalue weighted by molar-refractivity contribution is 6.31. The van der Waals surface area contributed by atoms with Crippen LogP contribution in [0.25, 0.3) is 21.7 Å². The molecule has 3 aliphatic rings. The van der Waals surface area contributed by atoms with E-state index in [0.29, 0.717) is 67.3 Å². The number of methoxy groups -OCH3 is 1. The molecule has 0 spiro atoms. The van der Waals surface area contributed by atoms with Crippen LogP contribution in [0.1, 0.15) is 86.6 Å². The number of piperidine rings is 1. The van der Waals surface area contributed by atoms with Gasteiger partial charge < -0.3 is 50.0 Å². The number of ether oxygens (including phenoxy) is 4. The van der Waals surface area contributed by atoms with E-state index in [1.807, 2.05) is 0 Å². The second-order valence-corrected chi connectivity index (χ2v) is 23.3. The zero-order chi connectivity index (χ0) is 68.1. The van der Waals surface area contributed by atoms with Crippen molar-refractivity contribution in [2.75, 3.05) is 83.4 Å². The molecule has 3 aromatic heterocycles. The lowest BCUT2D eigenvalue weighted by Crippen LogP contribution is -2.54. The summed E-state index contributed by atoms with van der Waals surface area (Å²) in [6, 6.07) is 21.2. The van der Waals surface area contributed by atoms with Crippen molar-refractivity contribution in [1.29, 1.82) is 0 Å². The van der Waals surface area contributed by atoms with E-state index in [0.717, 1.165) is 4.90 Å². The molecule has 3 aliphatic heterocycles. The van der Waals surface area contributed by atoms with Gasteiger partial charge in [-0.25, -0.2) is 28.5 Å². The largest absolute Gasteiger partial charge is 0.493 e. The number of fused-ring (bicyclic) bond motifs is 3. The van der Waals surface area contributed by atoms with Crippen LogP contribution in [-0.2, 0) is 53.0 Å². The van der Waals surface area contributed by atoms with E-state index in [4.69, 9.17) is 30.5 Å². The van der Waals surface area contributed by atoms with E-state index in [-0.39, 0.29) is 157 Å². The Labute approximate surface area is 556 Å². The number of hydrogen-bond donors (Lipinski definition) is 6. The first-order valence-electron chi connectivity index (χ1n) is 31.2. The number of carbonyl (C=O) groups excluding carboxylic acids is 8. The molecule has 8 aromatic rings. The molecule has 2 unspecified atom stereocenters. The van der Waals surface area contributed by atoms with Gasteiger partial charge in [-0.05, 0) is 79.4 Å². The van der Waals surface area contributed by atoms with Crippen molar-refractivity contribution in [3.63, 3.8) is 0 Å². The van der Waals surface area contributed by atoms with E-state index in [1.54, 1.807) is 65.7 Å². The topological polar surface area (TPSA) is 346 Å². The summed E-state index contributed by atoms with van der Waals surface area (Å²) in [5.41, 5.74) is 2.77. The van der Waals surface area contributed by atoms with Crippen LogP contribution in [0.3, 0.4) is 0 Å². The third kappa shape index (κ3) is 16.3. The first kappa shape index (κ1) is 67.6. The Bertz CT molecular complexity index is 4400.